The Kier molecular flexibility index (Phi) is 7.53. The molecule has 0 saturated carbocycles. The van der Waals surface area contributed by atoms with E-state index in [0.29, 0.717) is 0 Å². The van der Waals surface area contributed by atoms with E-state index in [9.17, 15) is 0 Å². The van der Waals surface area contributed by atoms with E-state index in [1.165, 1.54) is 43.4 Å². The van der Waals surface area contributed by atoms with Crippen LogP contribution in [0.25, 0.3) is 87.6 Å². The van der Waals surface area contributed by atoms with Crippen LogP contribution in [0.15, 0.2) is 217 Å². The summed E-state index contributed by atoms with van der Waals surface area (Å²) in [5.74, 6) is 0. The fourth-order valence-electron chi connectivity index (χ4n) is 8.58. The summed E-state index contributed by atoms with van der Waals surface area (Å²) < 4.78 is 6.45. The summed E-state index contributed by atoms with van der Waals surface area (Å²) in [6.07, 6.45) is 0. The molecule has 0 aliphatic carbocycles. The van der Waals surface area contributed by atoms with Gasteiger partial charge in [0.25, 0.3) is 0 Å². The molecule has 11 aromatic rings. The van der Waals surface area contributed by atoms with E-state index < -0.39 is 0 Å². The van der Waals surface area contributed by atoms with Crippen LogP contribution in [0, 0.1) is 0 Å². The third-order valence-corrected chi connectivity index (χ3v) is 11.2. The highest BCUT2D eigenvalue weighted by Gasteiger charge is 2.19. The smallest absolute Gasteiger partial charge is 0.143 e. The van der Waals surface area contributed by atoms with Gasteiger partial charge in [0.05, 0.1) is 5.69 Å². The number of hydrogen-bond acceptors (Lipinski definition) is 2. The lowest BCUT2D eigenvalue weighted by atomic mass is 9.94. The molecule has 2 heteroatoms. The number of para-hydroxylation sites is 3. The molecule has 0 N–H and O–H groups in total. The molecule has 0 radical (unpaired) electrons. The summed E-state index contributed by atoms with van der Waals surface area (Å²) in [4.78, 5) is 2.40. The van der Waals surface area contributed by atoms with Crippen molar-refractivity contribution < 1.29 is 4.42 Å². The molecule has 0 amide bonds. The Morgan fingerprint density at radius 1 is 0.304 bits per heavy atom. The minimum Gasteiger partial charge on any atom is -0.455 e. The molecule has 0 bridgehead atoms. The van der Waals surface area contributed by atoms with Crippen LogP contribution < -0.4 is 4.90 Å². The van der Waals surface area contributed by atoms with Crippen molar-refractivity contribution in [1.29, 1.82) is 0 Å². The minimum absolute atomic E-state index is 0.906. The van der Waals surface area contributed by atoms with E-state index in [4.69, 9.17) is 4.42 Å². The van der Waals surface area contributed by atoms with E-state index in [0.717, 1.165) is 61.3 Å². The topological polar surface area (TPSA) is 16.4 Å². The standard InChI is InChI=1S/C54H35NO/c1-3-17-44-36(12-1)14-10-21-46(44)39-15-9-16-40(34-39)48-19-5-7-24-52(48)55(43-32-33-47-41(35-43)27-26-37-13-2-4-18-45(37)47)42-30-28-38(29-31-42)49-22-11-23-51-50-20-6-8-25-53(50)56-54(49)51/h1-35H. The van der Waals surface area contributed by atoms with Crippen molar-refractivity contribution in [2.75, 3.05) is 4.90 Å². The lowest BCUT2D eigenvalue weighted by Gasteiger charge is -2.28. The number of furan rings is 1. The molecule has 0 unspecified atom stereocenters. The highest BCUT2D eigenvalue weighted by molar-refractivity contribution is 6.10. The number of fused-ring (bicyclic) bond motifs is 7. The van der Waals surface area contributed by atoms with E-state index >= 15 is 0 Å². The van der Waals surface area contributed by atoms with Crippen LogP contribution in [0.2, 0.25) is 0 Å². The molecule has 0 atom stereocenters. The highest BCUT2D eigenvalue weighted by atomic mass is 16.3. The first-order valence-electron chi connectivity index (χ1n) is 19.2. The van der Waals surface area contributed by atoms with Crippen LogP contribution in [0.4, 0.5) is 17.1 Å². The van der Waals surface area contributed by atoms with Gasteiger partial charge in [0.15, 0.2) is 0 Å². The summed E-state index contributed by atoms with van der Waals surface area (Å²) in [7, 11) is 0. The Labute approximate surface area is 325 Å². The third kappa shape index (κ3) is 5.34. The van der Waals surface area contributed by atoms with Crippen LogP contribution in [-0.2, 0) is 0 Å². The summed E-state index contributed by atoms with van der Waals surface area (Å²) in [6, 6.07) is 76.6. The highest BCUT2D eigenvalue weighted by Crippen LogP contribution is 2.44. The molecule has 0 aliphatic rings. The molecule has 56 heavy (non-hydrogen) atoms. The van der Waals surface area contributed by atoms with Crippen molar-refractivity contribution >= 4 is 71.3 Å². The average molecular weight is 714 g/mol. The zero-order chi connectivity index (χ0) is 37.0. The summed E-state index contributed by atoms with van der Waals surface area (Å²) >= 11 is 0. The van der Waals surface area contributed by atoms with Crippen molar-refractivity contribution in [1.82, 2.24) is 0 Å². The van der Waals surface area contributed by atoms with E-state index in [2.05, 4.69) is 205 Å². The fraction of sp³-hybridized carbons (Fsp3) is 0. The molecule has 1 heterocycles. The van der Waals surface area contributed by atoms with Crippen molar-refractivity contribution in [3.05, 3.63) is 212 Å². The zero-order valence-corrected chi connectivity index (χ0v) is 30.6. The van der Waals surface area contributed by atoms with Gasteiger partial charge in [-0.05, 0) is 97.0 Å². The number of hydrogen-bond donors (Lipinski definition) is 0. The molecule has 10 aromatic carbocycles. The number of benzene rings is 10. The van der Waals surface area contributed by atoms with Crippen LogP contribution in [-0.4, -0.2) is 0 Å². The molecule has 2 nitrogen and oxygen atoms in total. The predicted molar refractivity (Wildman–Crippen MR) is 237 cm³/mol. The Bertz CT molecular complexity index is 3260. The second-order valence-corrected chi connectivity index (χ2v) is 14.5. The lowest BCUT2D eigenvalue weighted by molar-refractivity contribution is 0.670. The largest absolute Gasteiger partial charge is 0.455 e. The fourth-order valence-corrected chi connectivity index (χ4v) is 8.58. The van der Waals surface area contributed by atoms with E-state index in [1.807, 2.05) is 12.1 Å². The molecule has 11 rings (SSSR count). The van der Waals surface area contributed by atoms with Crippen LogP contribution >= 0.6 is 0 Å². The molecule has 0 fully saturated rings. The zero-order valence-electron chi connectivity index (χ0n) is 30.6. The van der Waals surface area contributed by atoms with Gasteiger partial charge < -0.3 is 9.32 Å². The monoisotopic (exact) mass is 713 g/mol. The normalized spacial score (nSPS) is 11.6. The van der Waals surface area contributed by atoms with Crippen molar-refractivity contribution in [2.24, 2.45) is 0 Å². The van der Waals surface area contributed by atoms with Crippen molar-refractivity contribution in [3.8, 4) is 33.4 Å². The van der Waals surface area contributed by atoms with Gasteiger partial charge in [-0.3, -0.25) is 0 Å². The van der Waals surface area contributed by atoms with Gasteiger partial charge in [-0.15, -0.1) is 0 Å². The van der Waals surface area contributed by atoms with Gasteiger partial charge in [0.2, 0.25) is 0 Å². The Morgan fingerprint density at radius 3 is 1.75 bits per heavy atom. The van der Waals surface area contributed by atoms with Gasteiger partial charge in [0, 0.05) is 33.3 Å². The van der Waals surface area contributed by atoms with Crippen LogP contribution in [0.1, 0.15) is 0 Å². The summed E-state index contributed by atoms with van der Waals surface area (Å²) in [5, 5.41) is 9.72. The SMILES string of the molecule is c1cc(-c2ccccc2N(c2ccc(-c3cccc4c3oc3ccccc34)cc2)c2ccc3c(ccc4ccccc43)c2)cc(-c2cccc3ccccc23)c1. The third-order valence-electron chi connectivity index (χ3n) is 11.2. The minimum atomic E-state index is 0.906. The summed E-state index contributed by atoms with van der Waals surface area (Å²) in [5.41, 5.74) is 12.0. The van der Waals surface area contributed by atoms with Crippen LogP contribution in [0.5, 0.6) is 0 Å². The second kappa shape index (κ2) is 13.2. The van der Waals surface area contributed by atoms with E-state index in [-0.39, 0.29) is 0 Å². The summed E-state index contributed by atoms with van der Waals surface area (Å²) in [6.45, 7) is 0. The van der Waals surface area contributed by atoms with E-state index in [1.54, 1.807) is 0 Å². The molecule has 0 aliphatic heterocycles. The molecular weight excluding hydrogens is 679 g/mol. The quantitative estimate of drug-likeness (QED) is 0.160. The number of anilines is 3. The second-order valence-electron chi connectivity index (χ2n) is 14.5. The first-order chi connectivity index (χ1) is 27.8. The first kappa shape index (κ1) is 32.0. The van der Waals surface area contributed by atoms with Gasteiger partial charge in [-0.1, -0.05) is 170 Å². The van der Waals surface area contributed by atoms with Crippen molar-refractivity contribution in [3.63, 3.8) is 0 Å². The molecule has 262 valence electrons. The molecule has 1 aromatic heterocycles. The van der Waals surface area contributed by atoms with Crippen LogP contribution in [0.3, 0.4) is 0 Å². The predicted octanol–water partition coefficient (Wildman–Crippen LogP) is 15.5. The molecule has 0 saturated heterocycles. The maximum absolute atomic E-state index is 6.45. The Morgan fingerprint density at radius 2 is 0.875 bits per heavy atom. The molecular formula is C54H35NO. The molecule has 0 spiro atoms. The van der Waals surface area contributed by atoms with Gasteiger partial charge >= 0.3 is 0 Å². The van der Waals surface area contributed by atoms with Crippen molar-refractivity contribution in [2.45, 2.75) is 0 Å². The van der Waals surface area contributed by atoms with Gasteiger partial charge in [-0.2, -0.15) is 0 Å². The van der Waals surface area contributed by atoms with Gasteiger partial charge in [-0.25, -0.2) is 0 Å². The maximum atomic E-state index is 6.45. The van der Waals surface area contributed by atoms with Gasteiger partial charge in [0.1, 0.15) is 11.2 Å². The number of nitrogens with zero attached hydrogens (tertiary/aromatic N) is 1. The number of rotatable bonds is 6. The Balaban J connectivity index is 1.08. The average Bonchev–Trinajstić information content (AvgIpc) is 3.66. The Hall–Kier alpha value is -7.42. The lowest BCUT2D eigenvalue weighted by Crippen LogP contribution is -2.11. The maximum Gasteiger partial charge on any atom is 0.143 e. The first-order valence-corrected chi connectivity index (χ1v) is 19.2.